The fourth-order valence-electron chi connectivity index (χ4n) is 1.01. The summed E-state index contributed by atoms with van der Waals surface area (Å²) >= 11 is 0. The van der Waals surface area contributed by atoms with E-state index >= 15 is 0 Å². The normalized spacial score (nSPS) is 12.9. The van der Waals surface area contributed by atoms with E-state index in [4.69, 9.17) is 5.73 Å². The van der Waals surface area contributed by atoms with E-state index in [1.54, 1.807) is 0 Å². The van der Waals surface area contributed by atoms with E-state index in [1.165, 1.54) is 0 Å². The highest BCUT2D eigenvalue weighted by Gasteiger charge is 2.18. The first-order valence-electron chi connectivity index (χ1n) is 3.80. The quantitative estimate of drug-likeness (QED) is 0.788. The molecule has 0 aliphatic carbocycles. The van der Waals surface area contributed by atoms with Gasteiger partial charge in [0.05, 0.1) is 18.0 Å². The zero-order valence-electron chi connectivity index (χ0n) is 6.80. The lowest BCUT2D eigenvalue weighted by Gasteiger charge is -2.08. The van der Waals surface area contributed by atoms with Crippen LogP contribution >= 0.6 is 0 Å². The van der Waals surface area contributed by atoms with Crippen LogP contribution in [0.4, 0.5) is 13.2 Å². The Bertz CT molecular complexity index is 270. The molecule has 5 heteroatoms. The van der Waals surface area contributed by atoms with Crippen LogP contribution in [0.25, 0.3) is 0 Å². The van der Waals surface area contributed by atoms with Crippen molar-refractivity contribution in [2.45, 2.75) is 12.6 Å². The predicted molar refractivity (Wildman–Crippen MR) is 41.7 cm³/mol. The average Bonchev–Trinajstić information content (AvgIpc) is 2.04. The molecule has 2 nitrogen and oxygen atoms in total. The molecule has 72 valence electrons. The molecule has 0 aliphatic rings. The van der Waals surface area contributed by atoms with Gasteiger partial charge in [-0.1, -0.05) is 0 Å². The molecule has 0 saturated carbocycles. The van der Waals surface area contributed by atoms with Crippen LogP contribution in [-0.2, 0) is 0 Å². The molecule has 0 saturated heterocycles. The summed E-state index contributed by atoms with van der Waals surface area (Å²) in [5, 5.41) is 0. The number of pyridine rings is 1. The summed E-state index contributed by atoms with van der Waals surface area (Å²) in [6.07, 6.45) is -0.242. The van der Waals surface area contributed by atoms with Crippen molar-refractivity contribution >= 4 is 0 Å². The summed E-state index contributed by atoms with van der Waals surface area (Å²) < 4.78 is 38.8. The van der Waals surface area contributed by atoms with Crippen LogP contribution in [0, 0.1) is 11.6 Å². The van der Waals surface area contributed by atoms with E-state index in [0.717, 1.165) is 12.4 Å². The highest BCUT2D eigenvalue weighted by Crippen LogP contribution is 2.25. The van der Waals surface area contributed by atoms with Crippen LogP contribution in [0.2, 0.25) is 0 Å². The predicted octanol–water partition coefficient (Wildman–Crippen LogP) is 1.72. The Morgan fingerprint density at radius 3 is 2.31 bits per heavy atom. The molecule has 1 atom stereocenters. The Hall–Kier alpha value is -1.10. The second-order valence-electron chi connectivity index (χ2n) is 2.56. The van der Waals surface area contributed by atoms with E-state index in [9.17, 15) is 13.2 Å². The van der Waals surface area contributed by atoms with Gasteiger partial charge in [0.1, 0.15) is 6.17 Å². The standard InChI is InChI=1S/C8H9F3N2/c9-5(1-2-12)8-6(10)3-13-4-7(8)11/h3-5H,1-2,12H2. The number of nitrogens with zero attached hydrogens (tertiary/aromatic N) is 1. The van der Waals surface area contributed by atoms with Crippen molar-refractivity contribution in [2.75, 3.05) is 6.54 Å². The topological polar surface area (TPSA) is 38.9 Å². The van der Waals surface area contributed by atoms with Crippen molar-refractivity contribution in [3.8, 4) is 0 Å². The van der Waals surface area contributed by atoms with Crippen LogP contribution in [0.15, 0.2) is 12.4 Å². The lowest BCUT2D eigenvalue weighted by molar-refractivity contribution is 0.305. The van der Waals surface area contributed by atoms with Gasteiger partial charge in [0.15, 0.2) is 11.6 Å². The highest BCUT2D eigenvalue weighted by molar-refractivity contribution is 5.17. The minimum Gasteiger partial charge on any atom is -0.330 e. The maximum Gasteiger partial charge on any atom is 0.150 e. The minimum atomic E-state index is -1.70. The Morgan fingerprint density at radius 2 is 1.85 bits per heavy atom. The Labute approximate surface area is 73.6 Å². The largest absolute Gasteiger partial charge is 0.330 e. The van der Waals surface area contributed by atoms with E-state index in [2.05, 4.69) is 4.98 Å². The SMILES string of the molecule is NCCC(F)c1c(F)cncc1F. The van der Waals surface area contributed by atoms with E-state index in [0.29, 0.717) is 0 Å². The van der Waals surface area contributed by atoms with Crippen molar-refractivity contribution in [1.29, 1.82) is 0 Å². The maximum absolute atomic E-state index is 13.1. The molecule has 13 heavy (non-hydrogen) atoms. The lowest BCUT2D eigenvalue weighted by Crippen LogP contribution is -2.07. The summed E-state index contributed by atoms with van der Waals surface area (Å²) in [5.74, 6) is -1.94. The van der Waals surface area contributed by atoms with Gasteiger partial charge >= 0.3 is 0 Å². The number of hydrogen-bond acceptors (Lipinski definition) is 2. The second kappa shape index (κ2) is 4.23. The van der Waals surface area contributed by atoms with Crippen LogP contribution in [-0.4, -0.2) is 11.5 Å². The molecule has 0 aliphatic heterocycles. The van der Waals surface area contributed by atoms with E-state index < -0.39 is 23.4 Å². The van der Waals surface area contributed by atoms with Crippen molar-refractivity contribution in [1.82, 2.24) is 4.98 Å². The monoisotopic (exact) mass is 190 g/mol. The molecule has 0 spiro atoms. The fraction of sp³-hybridized carbons (Fsp3) is 0.375. The molecule has 0 radical (unpaired) electrons. The molecular weight excluding hydrogens is 181 g/mol. The molecule has 0 fully saturated rings. The van der Waals surface area contributed by atoms with Crippen molar-refractivity contribution in [3.63, 3.8) is 0 Å². The van der Waals surface area contributed by atoms with Crippen LogP contribution < -0.4 is 5.73 Å². The van der Waals surface area contributed by atoms with Crippen LogP contribution in [0.5, 0.6) is 0 Å². The molecule has 1 aromatic heterocycles. The molecule has 0 bridgehead atoms. The Morgan fingerprint density at radius 1 is 1.31 bits per heavy atom. The van der Waals surface area contributed by atoms with Crippen molar-refractivity contribution in [2.24, 2.45) is 5.73 Å². The van der Waals surface area contributed by atoms with Gasteiger partial charge < -0.3 is 5.73 Å². The third kappa shape index (κ3) is 2.18. The molecule has 2 N–H and O–H groups in total. The van der Waals surface area contributed by atoms with Gasteiger partial charge in [0, 0.05) is 0 Å². The average molecular weight is 190 g/mol. The summed E-state index contributed by atoms with van der Waals surface area (Å²) in [7, 11) is 0. The third-order valence-corrected chi connectivity index (χ3v) is 1.62. The summed E-state index contributed by atoms with van der Waals surface area (Å²) in [5.41, 5.74) is 4.48. The van der Waals surface area contributed by atoms with Gasteiger partial charge in [0.2, 0.25) is 0 Å². The smallest absolute Gasteiger partial charge is 0.150 e. The maximum atomic E-state index is 13.1. The third-order valence-electron chi connectivity index (χ3n) is 1.62. The summed E-state index contributed by atoms with van der Waals surface area (Å²) in [6, 6.07) is 0. The van der Waals surface area contributed by atoms with Gasteiger partial charge in [0.25, 0.3) is 0 Å². The highest BCUT2D eigenvalue weighted by atomic mass is 19.2. The first kappa shape index (κ1) is 9.98. The zero-order valence-corrected chi connectivity index (χ0v) is 6.80. The molecule has 1 unspecified atom stereocenters. The van der Waals surface area contributed by atoms with Gasteiger partial charge in [-0.15, -0.1) is 0 Å². The van der Waals surface area contributed by atoms with Gasteiger partial charge in [-0.2, -0.15) is 0 Å². The summed E-state index contributed by atoms with van der Waals surface area (Å²) in [4.78, 5) is 3.24. The van der Waals surface area contributed by atoms with Gasteiger partial charge in [-0.05, 0) is 13.0 Å². The fourth-order valence-corrected chi connectivity index (χ4v) is 1.01. The molecule has 0 aromatic carbocycles. The number of nitrogens with two attached hydrogens (primary N) is 1. The number of hydrogen-bond donors (Lipinski definition) is 1. The number of aromatic nitrogens is 1. The van der Waals surface area contributed by atoms with Crippen molar-refractivity contribution < 1.29 is 13.2 Å². The molecule has 1 heterocycles. The zero-order chi connectivity index (χ0) is 9.84. The molecule has 0 amide bonds. The van der Waals surface area contributed by atoms with Gasteiger partial charge in [-0.3, -0.25) is 4.98 Å². The first-order valence-corrected chi connectivity index (χ1v) is 3.80. The van der Waals surface area contributed by atoms with Crippen LogP contribution in [0.1, 0.15) is 18.2 Å². The first-order chi connectivity index (χ1) is 6.16. The second-order valence-corrected chi connectivity index (χ2v) is 2.56. The molecule has 1 rings (SSSR count). The van der Waals surface area contributed by atoms with Crippen LogP contribution in [0.3, 0.4) is 0 Å². The number of alkyl halides is 1. The van der Waals surface area contributed by atoms with Crippen molar-refractivity contribution in [3.05, 3.63) is 29.6 Å². The Kier molecular flexibility index (Phi) is 3.25. The summed E-state index contributed by atoms with van der Waals surface area (Å²) in [6.45, 7) is 0.0440. The Balaban J connectivity index is 2.98. The lowest BCUT2D eigenvalue weighted by atomic mass is 10.1. The van der Waals surface area contributed by atoms with E-state index in [1.807, 2.05) is 0 Å². The minimum absolute atomic E-state index is 0.0440. The van der Waals surface area contributed by atoms with E-state index in [-0.39, 0.29) is 13.0 Å². The number of halogens is 3. The number of rotatable bonds is 3. The molecular formula is C8H9F3N2. The molecule has 1 aromatic rings. The van der Waals surface area contributed by atoms with Gasteiger partial charge in [-0.25, -0.2) is 13.2 Å².